The lowest BCUT2D eigenvalue weighted by Gasteiger charge is -2.63. The van der Waals surface area contributed by atoms with Crippen molar-refractivity contribution < 1.29 is 19.4 Å². The number of Topliss-reactive ketones (excluding diaryl/α,β-unsaturated/α-hetero) is 1. The molecule has 5 aliphatic rings. The molecule has 4 aliphatic carbocycles. The molecule has 5 rings (SSSR count). The van der Waals surface area contributed by atoms with Gasteiger partial charge in [0.05, 0.1) is 19.3 Å². The van der Waals surface area contributed by atoms with Crippen LogP contribution in [0.4, 0.5) is 0 Å². The van der Waals surface area contributed by atoms with E-state index < -0.39 is 0 Å². The van der Waals surface area contributed by atoms with Gasteiger partial charge >= 0.3 is 0 Å². The SMILES string of the molecule is CC(=CCC(=O)C(C)C)[C@H]1CCC2C3C(CC[C@@]21C)[C@@]1(C)CCC2(C[C@@H]1C[C@H]3O)OCCO2. The molecule has 4 saturated carbocycles. The lowest BCUT2D eigenvalue weighted by atomic mass is 9.43. The molecule has 0 aromatic rings. The van der Waals surface area contributed by atoms with Gasteiger partial charge in [-0.25, -0.2) is 0 Å². The molecule has 1 N–H and O–H groups in total. The van der Waals surface area contributed by atoms with Crippen LogP contribution in [0.5, 0.6) is 0 Å². The Morgan fingerprint density at radius 2 is 1.73 bits per heavy atom. The summed E-state index contributed by atoms with van der Waals surface area (Å²) in [4.78, 5) is 12.2. The van der Waals surface area contributed by atoms with Crippen molar-refractivity contribution in [2.45, 2.75) is 104 Å². The highest BCUT2D eigenvalue weighted by Crippen LogP contribution is 2.69. The molecule has 1 spiro atoms. The van der Waals surface area contributed by atoms with Crippen molar-refractivity contribution in [3.8, 4) is 0 Å². The van der Waals surface area contributed by atoms with Crippen LogP contribution in [0.3, 0.4) is 0 Å². The number of aliphatic hydroxyl groups is 1. The first-order valence-electron chi connectivity index (χ1n) is 13.7. The number of ketones is 1. The minimum Gasteiger partial charge on any atom is -0.393 e. The van der Waals surface area contributed by atoms with E-state index in [9.17, 15) is 9.90 Å². The normalized spacial score (nSPS) is 46.8. The fourth-order valence-electron chi connectivity index (χ4n) is 9.31. The van der Waals surface area contributed by atoms with Gasteiger partial charge in [0, 0.05) is 25.2 Å². The van der Waals surface area contributed by atoms with E-state index in [1.54, 1.807) is 0 Å². The summed E-state index contributed by atoms with van der Waals surface area (Å²) >= 11 is 0. The average Bonchev–Trinajstić information content (AvgIpc) is 3.37. The molecule has 1 aliphatic heterocycles. The van der Waals surface area contributed by atoms with Crippen molar-refractivity contribution in [2.24, 2.45) is 46.3 Å². The van der Waals surface area contributed by atoms with Crippen LogP contribution in [0.2, 0.25) is 0 Å². The molecule has 186 valence electrons. The number of fused-ring (bicyclic) bond motifs is 5. The highest BCUT2D eigenvalue weighted by molar-refractivity contribution is 5.81. The number of carbonyl (C=O) groups excluding carboxylic acids is 1. The fourth-order valence-corrected chi connectivity index (χ4v) is 9.31. The Labute approximate surface area is 200 Å². The summed E-state index contributed by atoms with van der Waals surface area (Å²) in [5.41, 5.74) is 1.95. The number of allylic oxidation sites excluding steroid dienone is 2. The topological polar surface area (TPSA) is 55.8 Å². The summed E-state index contributed by atoms with van der Waals surface area (Å²) in [7, 11) is 0. The van der Waals surface area contributed by atoms with Crippen molar-refractivity contribution >= 4 is 5.78 Å². The third-order valence-corrected chi connectivity index (χ3v) is 11.3. The van der Waals surface area contributed by atoms with Crippen LogP contribution in [0.1, 0.15) is 92.4 Å². The molecule has 0 bridgehead atoms. The molecule has 4 nitrogen and oxygen atoms in total. The molecule has 4 heteroatoms. The Kier molecular flexibility index (Phi) is 6.15. The highest BCUT2D eigenvalue weighted by Gasteiger charge is 2.64. The van der Waals surface area contributed by atoms with Gasteiger partial charge in [0.2, 0.25) is 0 Å². The van der Waals surface area contributed by atoms with Gasteiger partial charge in [0.15, 0.2) is 5.79 Å². The third-order valence-electron chi connectivity index (χ3n) is 11.3. The molecule has 1 heterocycles. The number of hydrogen-bond donors (Lipinski definition) is 1. The van der Waals surface area contributed by atoms with Gasteiger partial charge in [-0.2, -0.15) is 0 Å². The third kappa shape index (κ3) is 3.78. The predicted molar refractivity (Wildman–Crippen MR) is 129 cm³/mol. The molecule has 1 saturated heterocycles. The number of aliphatic hydroxyl groups excluding tert-OH is 1. The van der Waals surface area contributed by atoms with Crippen molar-refractivity contribution in [3.63, 3.8) is 0 Å². The van der Waals surface area contributed by atoms with E-state index in [1.807, 2.05) is 13.8 Å². The summed E-state index contributed by atoms with van der Waals surface area (Å²) in [6, 6.07) is 0. The van der Waals surface area contributed by atoms with Crippen LogP contribution in [-0.4, -0.2) is 36.0 Å². The number of rotatable bonds is 4. The largest absolute Gasteiger partial charge is 0.393 e. The Balaban J connectivity index is 1.35. The van der Waals surface area contributed by atoms with Gasteiger partial charge in [0.25, 0.3) is 0 Å². The first kappa shape index (κ1) is 24.0. The van der Waals surface area contributed by atoms with E-state index in [-0.39, 0.29) is 23.2 Å². The van der Waals surface area contributed by atoms with E-state index in [4.69, 9.17) is 9.47 Å². The molecule has 0 amide bonds. The second-order valence-corrected chi connectivity index (χ2v) is 13.1. The molecule has 3 unspecified atom stereocenters. The van der Waals surface area contributed by atoms with E-state index in [0.717, 1.165) is 38.9 Å². The second kappa shape index (κ2) is 8.45. The second-order valence-electron chi connectivity index (χ2n) is 13.1. The molecule has 8 atom stereocenters. The zero-order chi connectivity index (χ0) is 23.6. The zero-order valence-electron chi connectivity index (χ0n) is 21.6. The maximum atomic E-state index is 12.2. The summed E-state index contributed by atoms with van der Waals surface area (Å²) in [6.45, 7) is 12.7. The first-order chi connectivity index (χ1) is 15.6. The quantitative estimate of drug-likeness (QED) is 0.531. The maximum absolute atomic E-state index is 12.2. The van der Waals surface area contributed by atoms with Crippen LogP contribution >= 0.6 is 0 Å². The predicted octanol–water partition coefficient (Wildman–Crippen LogP) is 5.92. The summed E-state index contributed by atoms with van der Waals surface area (Å²) < 4.78 is 12.2. The van der Waals surface area contributed by atoms with Gasteiger partial charge in [0.1, 0.15) is 5.78 Å². The van der Waals surface area contributed by atoms with Gasteiger partial charge in [-0.1, -0.05) is 39.3 Å². The molecule has 33 heavy (non-hydrogen) atoms. The van der Waals surface area contributed by atoms with Crippen LogP contribution < -0.4 is 0 Å². The lowest BCUT2D eigenvalue weighted by Crippen LogP contribution is -2.60. The van der Waals surface area contributed by atoms with E-state index in [1.165, 1.54) is 31.3 Å². The minimum absolute atomic E-state index is 0.108. The molecular formula is C29H46O4. The Morgan fingerprint density at radius 1 is 1.03 bits per heavy atom. The van der Waals surface area contributed by atoms with Crippen molar-refractivity contribution in [1.82, 2.24) is 0 Å². The molecule has 0 aromatic carbocycles. The van der Waals surface area contributed by atoms with Gasteiger partial charge < -0.3 is 14.6 Å². The maximum Gasteiger partial charge on any atom is 0.168 e. The Bertz CT molecular complexity index is 795. The van der Waals surface area contributed by atoms with Gasteiger partial charge in [-0.15, -0.1) is 0 Å². The van der Waals surface area contributed by atoms with Gasteiger partial charge in [-0.3, -0.25) is 4.79 Å². The molecule has 0 aromatic heterocycles. The summed E-state index contributed by atoms with van der Waals surface area (Å²) in [5, 5.41) is 11.6. The van der Waals surface area contributed by atoms with Crippen LogP contribution in [-0.2, 0) is 14.3 Å². The van der Waals surface area contributed by atoms with E-state index >= 15 is 0 Å². The molecular weight excluding hydrogens is 412 g/mol. The van der Waals surface area contributed by atoms with E-state index in [2.05, 4.69) is 26.8 Å². The molecule has 0 radical (unpaired) electrons. The fraction of sp³-hybridized carbons (Fsp3) is 0.897. The lowest BCUT2D eigenvalue weighted by molar-refractivity contribution is -0.242. The number of ether oxygens (including phenoxy) is 2. The summed E-state index contributed by atoms with van der Waals surface area (Å²) in [5.74, 6) is 2.73. The molecule has 5 fully saturated rings. The van der Waals surface area contributed by atoms with E-state index in [0.29, 0.717) is 47.2 Å². The zero-order valence-corrected chi connectivity index (χ0v) is 21.6. The van der Waals surface area contributed by atoms with Crippen LogP contribution in [0.25, 0.3) is 0 Å². The minimum atomic E-state index is -0.367. The monoisotopic (exact) mass is 458 g/mol. The Hall–Kier alpha value is -0.710. The Morgan fingerprint density at radius 3 is 2.42 bits per heavy atom. The van der Waals surface area contributed by atoms with Crippen molar-refractivity contribution in [3.05, 3.63) is 11.6 Å². The average molecular weight is 459 g/mol. The number of hydrogen-bond acceptors (Lipinski definition) is 4. The van der Waals surface area contributed by atoms with Crippen LogP contribution in [0.15, 0.2) is 11.6 Å². The van der Waals surface area contributed by atoms with Crippen molar-refractivity contribution in [2.75, 3.05) is 13.2 Å². The van der Waals surface area contributed by atoms with Crippen LogP contribution in [0, 0.1) is 46.3 Å². The number of carbonyl (C=O) groups is 1. The first-order valence-corrected chi connectivity index (χ1v) is 13.7. The highest BCUT2D eigenvalue weighted by atomic mass is 16.7. The van der Waals surface area contributed by atoms with Crippen molar-refractivity contribution in [1.29, 1.82) is 0 Å². The summed E-state index contributed by atoms with van der Waals surface area (Å²) in [6.07, 6.45) is 11.5. The van der Waals surface area contributed by atoms with Gasteiger partial charge in [-0.05, 0) is 85.9 Å². The smallest absolute Gasteiger partial charge is 0.168 e. The standard InChI is InChI=1S/C29H46O4/c1-18(2)24(30)9-6-19(3)21-7-8-22-26-23(10-11-28(21,22)5)27(4)12-13-29(32-14-15-33-29)17-20(27)16-25(26)31/h6,18,20-23,25-26,31H,7-17H2,1-5H3/t20-,21+,22?,23?,25+,26?,27-,28+/m0/s1.